The number of aromatic nitrogens is 3. The molecule has 0 spiro atoms. The van der Waals surface area contributed by atoms with Crippen LogP contribution in [-0.2, 0) is 9.05 Å². The Morgan fingerprint density at radius 2 is 2.12 bits per heavy atom. The third-order valence-electron chi connectivity index (χ3n) is 2.21. The number of nitrogens with one attached hydrogen (secondary N) is 1. The van der Waals surface area contributed by atoms with Crippen molar-refractivity contribution in [3.05, 3.63) is 6.33 Å². The number of amides is 1. The van der Waals surface area contributed by atoms with Crippen LogP contribution in [0.1, 0.15) is 26.7 Å². The first-order chi connectivity index (χ1) is 7.88. The highest BCUT2D eigenvalue weighted by Crippen LogP contribution is 2.07. The molecule has 96 valence electrons. The summed E-state index contributed by atoms with van der Waals surface area (Å²) in [6, 6.07) is -0.513. The predicted octanol–water partition coefficient (Wildman–Crippen LogP) is 0.952. The minimum absolute atomic E-state index is 0.0164. The summed E-state index contributed by atoms with van der Waals surface area (Å²) in [5.74, 6) is 0. The molecule has 0 aromatic carbocycles. The van der Waals surface area contributed by atoms with Gasteiger partial charge in [0.2, 0.25) is 0 Å². The van der Waals surface area contributed by atoms with E-state index in [1.165, 1.54) is 0 Å². The van der Waals surface area contributed by atoms with Crippen LogP contribution in [0.15, 0.2) is 11.5 Å². The molecule has 17 heavy (non-hydrogen) atoms. The van der Waals surface area contributed by atoms with Gasteiger partial charge in [-0.2, -0.15) is 4.68 Å². The quantitative estimate of drug-likeness (QED) is 0.829. The van der Waals surface area contributed by atoms with E-state index in [0.717, 1.165) is 23.9 Å². The van der Waals surface area contributed by atoms with E-state index in [2.05, 4.69) is 15.4 Å². The smallest absolute Gasteiger partial charge is 0.333 e. The lowest BCUT2D eigenvalue weighted by Crippen LogP contribution is -2.37. The van der Waals surface area contributed by atoms with Gasteiger partial charge in [0.1, 0.15) is 6.33 Å². The SMILES string of the molecule is CCC(CC)NC(=O)n1cnc(S(=O)(=O)Cl)n1. The van der Waals surface area contributed by atoms with Gasteiger partial charge < -0.3 is 5.32 Å². The number of hydrogen-bond donors (Lipinski definition) is 1. The van der Waals surface area contributed by atoms with Gasteiger partial charge in [-0.25, -0.2) is 18.2 Å². The molecule has 0 aliphatic carbocycles. The Balaban J connectivity index is 2.81. The third kappa shape index (κ3) is 3.67. The molecule has 0 aliphatic heterocycles. The molecule has 7 nitrogen and oxygen atoms in total. The van der Waals surface area contributed by atoms with E-state index in [-0.39, 0.29) is 6.04 Å². The summed E-state index contributed by atoms with van der Waals surface area (Å²) in [4.78, 5) is 15.1. The van der Waals surface area contributed by atoms with E-state index in [1.54, 1.807) is 0 Å². The fraction of sp³-hybridized carbons (Fsp3) is 0.625. The maximum Gasteiger partial charge on any atom is 0.343 e. The summed E-state index contributed by atoms with van der Waals surface area (Å²) in [6.45, 7) is 3.87. The molecule has 1 amide bonds. The fourth-order valence-corrected chi connectivity index (χ4v) is 1.76. The van der Waals surface area contributed by atoms with E-state index in [4.69, 9.17) is 10.7 Å². The highest BCUT2D eigenvalue weighted by atomic mass is 35.7. The van der Waals surface area contributed by atoms with Gasteiger partial charge in [0.05, 0.1) is 0 Å². The van der Waals surface area contributed by atoms with Crippen molar-refractivity contribution in [2.24, 2.45) is 0 Å². The zero-order valence-electron chi connectivity index (χ0n) is 9.42. The molecule has 0 unspecified atom stereocenters. The van der Waals surface area contributed by atoms with Crippen LogP contribution in [0, 0.1) is 0 Å². The highest BCUT2D eigenvalue weighted by Gasteiger charge is 2.19. The van der Waals surface area contributed by atoms with Crippen molar-refractivity contribution in [3.8, 4) is 0 Å². The number of carbonyl (C=O) groups is 1. The minimum Gasteiger partial charge on any atom is -0.333 e. The monoisotopic (exact) mass is 280 g/mol. The first-order valence-corrected chi connectivity index (χ1v) is 7.36. The van der Waals surface area contributed by atoms with E-state index in [1.807, 2.05) is 13.8 Å². The third-order valence-corrected chi connectivity index (χ3v) is 3.25. The number of nitrogens with zero attached hydrogens (tertiary/aromatic N) is 3. The van der Waals surface area contributed by atoms with Crippen LogP contribution in [0.4, 0.5) is 4.79 Å². The Morgan fingerprint density at radius 1 is 1.53 bits per heavy atom. The molecule has 1 aromatic heterocycles. The number of carbonyl (C=O) groups excluding carboxylic acids is 1. The van der Waals surface area contributed by atoms with E-state index >= 15 is 0 Å². The Hall–Kier alpha value is -1.15. The summed E-state index contributed by atoms with van der Waals surface area (Å²) in [7, 11) is 1.03. The van der Waals surface area contributed by atoms with Crippen LogP contribution in [0.2, 0.25) is 0 Å². The van der Waals surface area contributed by atoms with Gasteiger partial charge in [0.15, 0.2) is 0 Å². The Labute approximate surface area is 104 Å². The molecule has 0 fully saturated rings. The van der Waals surface area contributed by atoms with Crippen molar-refractivity contribution < 1.29 is 13.2 Å². The lowest BCUT2D eigenvalue weighted by Gasteiger charge is -2.13. The molecule has 1 heterocycles. The molecular formula is C8H13ClN4O3S. The normalized spacial score (nSPS) is 11.8. The first kappa shape index (κ1) is 13.9. The lowest BCUT2D eigenvalue weighted by molar-refractivity contribution is 0.234. The molecule has 1 rings (SSSR count). The van der Waals surface area contributed by atoms with E-state index in [9.17, 15) is 13.2 Å². The van der Waals surface area contributed by atoms with Crippen LogP contribution in [0.5, 0.6) is 0 Å². The molecule has 0 atom stereocenters. The Morgan fingerprint density at radius 3 is 2.53 bits per heavy atom. The molecule has 0 saturated heterocycles. The average molecular weight is 281 g/mol. The van der Waals surface area contributed by atoms with Crippen LogP contribution in [0.25, 0.3) is 0 Å². The second-order valence-corrected chi connectivity index (χ2v) is 5.83. The first-order valence-electron chi connectivity index (χ1n) is 5.05. The molecule has 0 aliphatic rings. The minimum atomic E-state index is -4.01. The second kappa shape index (κ2) is 5.46. The van der Waals surface area contributed by atoms with E-state index in [0.29, 0.717) is 0 Å². The van der Waals surface area contributed by atoms with Crippen molar-refractivity contribution in [1.29, 1.82) is 0 Å². The Bertz CT molecular complexity index is 495. The van der Waals surface area contributed by atoms with Crippen LogP contribution in [0.3, 0.4) is 0 Å². The standard InChI is InChI=1S/C8H13ClN4O3S/c1-3-6(4-2)11-8(14)13-5-10-7(12-13)17(9,15)16/h5-6H,3-4H2,1-2H3,(H,11,14). The van der Waals surface area contributed by atoms with Gasteiger partial charge in [-0.05, 0) is 12.8 Å². The van der Waals surface area contributed by atoms with Crippen molar-refractivity contribution in [2.75, 3.05) is 0 Å². The van der Waals surface area contributed by atoms with Gasteiger partial charge in [-0.3, -0.25) is 0 Å². The van der Waals surface area contributed by atoms with Crippen molar-refractivity contribution >= 4 is 25.8 Å². The van der Waals surface area contributed by atoms with Gasteiger partial charge >= 0.3 is 6.03 Å². The zero-order valence-corrected chi connectivity index (χ0v) is 11.0. The summed E-state index contributed by atoms with van der Waals surface area (Å²) in [6.07, 6.45) is 2.56. The van der Waals surface area contributed by atoms with Crippen molar-refractivity contribution in [1.82, 2.24) is 20.1 Å². The zero-order chi connectivity index (χ0) is 13.1. The van der Waals surface area contributed by atoms with Gasteiger partial charge in [-0.1, -0.05) is 13.8 Å². The van der Waals surface area contributed by atoms with Gasteiger partial charge in [-0.15, -0.1) is 5.10 Å². The van der Waals surface area contributed by atoms with E-state index < -0.39 is 20.2 Å². The summed E-state index contributed by atoms with van der Waals surface area (Å²) in [5.41, 5.74) is 0. The molecular weight excluding hydrogens is 268 g/mol. The summed E-state index contributed by atoms with van der Waals surface area (Å²) >= 11 is 0. The maximum absolute atomic E-state index is 11.6. The molecule has 0 radical (unpaired) electrons. The molecule has 9 heteroatoms. The Kier molecular flexibility index (Phi) is 4.47. The van der Waals surface area contributed by atoms with Gasteiger partial charge in [0, 0.05) is 16.7 Å². The average Bonchev–Trinajstić information content (AvgIpc) is 2.74. The predicted molar refractivity (Wildman–Crippen MR) is 61.4 cm³/mol. The fourth-order valence-electron chi connectivity index (χ4n) is 1.19. The molecule has 0 bridgehead atoms. The summed E-state index contributed by atoms with van der Waals surface area (Å²) in [5, 5.41) is 5.57. The molecule has 1 N–H and O–H groups in total. The maximum atomic E-state index is 11.6. The van der Waals surface area contributed by atoms with Crippen molar-refractivity contribution in [3.63, 3.8) is 0 Å². The second-order valence-electron chi connectivity index (χ2n) is 3.37. The lowest BCUT2D eigenvalue weighted by atomic mass is 10.2. The molecule has 1 aromatic rings. The van der Waals surface area contributed by atoms with Crippen LogP contribution < -0.4 is 5.32 Å². The number of rotatable bonds is 4. The van der Waals surface area contributed by atoms with Crippen LogP contribution >= 0.6 is 10.7 Å². The molecule has 0 saturated carbocycles. The number of halogens is 1. The van der Waals surface area contributed by atoms with Crippen LogP contribution in [-0.4, -0.2) is 35.3 Å². The van der Waals surface area contributed by atoms with Gasteiger partial charge in [0.25, 0.3) is 14.2 Å². The number of hydrogen-bond acceptors (Lipinski definition) is 5. The highest BCUT2D eigenvalue weighted by molar-refractivity contribution is 8.13. The topological polar surface area (TPSA) is 94.0 Å². The summed E-state index contributed by atoms with van der Waals surface area (Å²) < 4.78 is 22.6. The van der Waals surface area contributed by atoms with Crippen molar-refractivity contribution in [2.45, 2.75) is 37.9 Å². The largest absolute Gasteiger partial charge is 0.343 e.